The number of H-pyrrole nitrogens is 1. The Morgan fingerprint density at radius 3 is 2.65 bits per heavy atom. The van der Waals surface area contributed by atoms with Crippen LogP contribution in [0.15, 0.2) is 71.3 Å². The van der Waals surface area contributed by atoms with Gasteiger partial charge in [-0.2, -0.15) is 5.10 Å². The quantitative estimate of drug-likeness (QED) is 0.483. The number of carbonyl (C=O) groups excluding carboxylic acids is 1. The van der Waals surface area contributed by atoms with Crippen LogP contribution < -0.4 is 4.74 Å². The zero-order valence-corrected chi connectivity index (χ0v) is 16.9. The largest absolute Gasteiger partial charge is 0.507 e. The number of aromatic amines is 1. The molecule has 0 spiro atoms. The van der Waals surface area contributed by atoms with Crippen LogP contribution in [0.5, 0.6) is 11.5 Å². The first-order valence-electron chi connectivity index (χ1n) is 10.1. The van der Waals surface area contributed by atoms with Gasteiger partial charge in [0.2, 0.25) is 0 Å². The Morgan fingerprint density at radius 2 is 1.94 bits per heavy atom. The Bertz CT molecular complexity index is 1210. The Morgan fingerprint density at radius 1 is 1.13 bits per heavy atom. The molecule has 4 aromatic rings. The van der Waals surface area contributed by atoms with E-state index in [1.165, 1.54) is 0 Å². The van der Waals surface area contributed by atoms with Gasteiger partial charge in [-0.25, -0.2) is 0 Å². The molecule has 156 valence electrons. The topological polar surface area (TPSA) is 91.6 Å². The van der Waals surface area contributed by atoms with Crippen molar-refractivity contribution >= 4 is 5.91 Å². The molecule has 0 bridgehead atoms. The number of furan rings is 1. The van der Waals surface area contributed by atoms with Crippen LogP contribution in [0.3, 0.4) is 0 Å². The fourth-order valence-corrected chi connectivity index (χ4v) is 4.07. The number of aromatic hydroxyl groups is 1. The van der Waals surface area contributed by atoms with E-state index in [9.17, 15) is 9.90 Å². The van der Waals surface area contributed by atoms with Gasteiger partial charge in [-0.05, 0) is 48.9 Å². The molecule has 0 saturated carbocycles. The molecule has 2 N–H and O–H groups in total. The minimum atomic E-state index is -0.392. The summed E-state index contributed by atoms with van der Waals surface area (Å²) in [5.41, 5.74) is 3.21. The maximum atomic E-state index is 13.3. The second-order valence-corrected chi connectivity index (χ2v) is 7.30. The summed E-state index contributed by atoms with van der Waals surface area (Å²) in [6, 6.07) is 17.9. The molecule has 0 unspecified atom stereocenters. The number of carbonyl (C=O) groups is 1. The summed E-state index contributed by atoms with van der Waals surface area (Å²) in [6.07, 6.45) is 1.59. The molecular weight excluding hydrogens is 394 g/mol. The van der Waals surface area contributed by atoms with E-state index >= 15 is 0 Å². The lowest BCUT2D eigenvalue weighted by Gasteiger charge is -2.25. The highest BCUT2D eigenvalue weighted by atomic mass is 16.5. The SMILES string of the molecule is CCOc1ccc([C@@H]2c3c(-c4ccccc4O)n[nH]c3C(=O)N2Cc2ccco2)cc1. The van der Waals surface area contributed by atoms with Crippen molar-refractivity contribution in [2.45, 2.75) is 19.5 Å². The highest BCUT2D eigenvalue weighted by Crippen LogP contribution is 2.45. The van der Waals surface area contributed by atoms with Gasteiger partial charge in [0.05, 0.1) is 25.5 Å². The summed E-state index contributed by atoms with van der Waals surface area (Å²) in [5, 5.41) is 17.7. The van der Waals surface area contributed by atoms with E-state index < -0.39 is 6.04 Å². The van der Waals surface area contributed by atoms with Gasteiger partial charge in [0.25, 0.3) is 5.91 Å². The van der Waals surface area contributed by atoms with Crippen LogP contribution in [0.2, 0.25) is 0 Å². The van der Waals surface area contributed by atoms with E-state index in [4.69, 9.17) is 9.15 Å². The zero-order chi connectivity index (χ0) is 21.4. The average Bonchev–Trinajstić information content (AvgIpc) is 3.50. The number of benzene rings is 2. The van der Waals surface area contributed by atoms with E-state index in [0.29, 0.717) is 35.9 Å². The number of rotatable bonds is 6. The molecule has 3 heterocycles. The average molecular weight is 415 g/mol. The first kappa shape index (κ1) is 19.0. The van der Waals surface area contributed by atoms with Crippen LogP contribution in [0.25, 0.3) is 11.3 Å². The van der Waals surface area contributed by atoms with Crippen molar-refractivity contribution in [3.05, 3.63) is 89.5 Å². The van der Waals surface area contributed by atoms with Crippen molar-refractivity contribution < 1.29 is 19.1 Å². The summed E-state index contributed by atoms with van der Waals surface area (Å²) in [6.45, 7) is 2.83. The number of nitrogens with one attached hydrogen (secondary N) is 1. The Labute approximate surface area is 178 Å². The molecular formula is C24H21N3O4. The number of hydrogen-bond acceptors (Lipinski definition) is 5. The first-order valence-corrected chi connectivity index (χ1v) is 10.1. The fourth-order valence-electron chi connectivity index (χ4n) is 4.07. The monoisotopic (exact) mass is 415 g/mol. The van der Waals surface area contributed by atoms with Crippen molar-refractivity contribution in [1.82, 2.24) is 15.1 Å². The lowest BCUT2D eigenvalue weighted by molar-refractivity contribution is 0.0717. The third kappa shape index (κ3) is 3.24. The highest BCUT2D eigenvalue weighted by molar-refractivity contribution is 6.00. The molecule has 31 heavy (non-hydrogen) atoms. The number of hydrogen-bond donors (Lipinski definition) is 2. The third-order valence-electron chi connectivity index (χ3n) is 5.44. The van der Waals surface area contributed by atoms with Crippen LogP contribution in [0.1, 0.15) is 40.3 Å². The van der Waals surface area contributed by atoms with Gasteiger partial charge in [-0.15, -0.1) is 0 Å². The van der Waals surface area contributed by atoms with Crippen molar-refractivity contribution in [3.8, 4) is 22.8 Å². The van der Waals surface area contributed by atoms with E-state index in [2.05, 4.69) is 10.2 Å². The van der Waals surface area contributed by atoms with Gasteiger partial charge in [0.1, 0.15) is 28.6 Å². The van der Waals surface area contributed by atoms with Gasteiger partial charge in [0, 0.05) is 11.1 Å². The zero-order valence-electron chi connectivity index (χ0n) is 16.9. The fraction of sp³-hybridized carbons (Fsp3) is 0.167. The first-order chi connectivity index (χ1) is 15.2. The number of phenolic OH excluding ortho intramolecular Hbond substituents is 1. The van der Waals surface area contributed by atoms with Gasteiger partial charge >= 0.3 is 0 Å². The second-order valence-electron chi connectivity index (χ2n) is 7.30. The van der Waals surface area contributed by atoms with Crippen LogP contribution >= 0.6 is 0 Å². The van der Waals surface area contributed by atoms with Gasteiger partial charge in [-0.3, -0.25) is 9.89 Å². The van der Waals surface area contributed by atoms with Crippen molar-refractivity contribution in [1.29, 1.82) is 0 Å². The highest BCUT2D eigenvalue weighted by Gasteiger charge is 2.42. The summed E-state index contributed by atoms with van der Waals surface area (Å²) in [4.78, 5) is 15.1. The van der Waals surface area contributed by atoms with Crippen molar-refractivity contribution in [3.63, 3.8) is 0 Å². The molecule has 0 radical (unpaired) electrons. The number of para-hydroxylation sites is 1. The number of nitrogens with zero attached hydrogens (tertiary/aromatic N) is 2. The number of amides is 1. The van der Waals surface area contributed by atoms with E-state index in [0.717, 1.165) is 16.9 Å². The molecule has 1 amide bonds. The lowest BCUT2D eigenvalue weighted by Crippen LogP contribution is -2.28. The lowest BCUT2D eigenvalue weighted by atomic mass is 9.95. The van der Waals surface area contributed by atoms with Crippen LogP contribution in [-0.4, -0.2) is 32.7 Å². The Balaban J connectivity index is 1.64. The maximum Gasteiger partial charge on any atom is 0.273 e. The predicted octanol–water partition coefficient (Wildman–Crippen LogP) is 4.52. The molecule has 1 aliphatic rings. The standard InChI is InChI=1S/C24H21N3O4/c1-2-30-16-11-9-15(10-12-16)23-20-21(18-7-3-4-8-19(18)28)25-26-22(20)24(29)27(23)14-17-6-5-13-31-17/h3-13,23,28H,2,14H2,1H3,(H,25,26)/t23-/m1/s1. The number of ether oxygens (including phenoxy) is 1. The maximum absolute atomic E-state index is 13.3. The summed E-state index contributed by atoms with van der Waals surface area (Å²) < 4.78 is 11.1. The van der Waals surface area contributed by atoms with Crippen molar-refractivity contribution in [2.24, 2.45) is 0 Å². The molecule has 0 aliphatic carbocycles. The summed E-state index contributed by atoms with van der Waals surface area (Å²) >= 11 is 0. The molecule has 1 aliphatic heterocycles. The smallest absolute Gasteiger partial charge is 0.273 e. The predicted molar refractivity (Wildman–Crippen MR) is 114 cm³/mol. The number of fused-ring (bicyclic) bond motifs is 1. The van der Waals surface area contributed by atoms with Crippen molar-refractivity contribution in [2.75, 3.05) is 6.61 Å². The molecule has 1 atom stereocenters. The number of phenols is 1. The molecule has 7 nitrogen and oxygen atoms in total. The minimum absolute atomic E-state index is 0.110. The summed E-state index contributed by atoms with van der Waals surface area (Å²) in [5.74, 6) is 1.40. The normalized spacial score (nSPS) is 15.3. The molecule has 0 fully saturated rings. The number of aromatic nitrogens is 2. The van der Waals surface area contributed by atoms with Crippen LogP contribution in [-0.2, 0) is 6.54 Å². The van der Waals surface area contributed by atoms with Gasteiger partial charge in [-0.1, -0.05) is 24.3 Å². The third-order valence-corrected chi connectivity index (χ3v) is 5.44. The Hall–Kier alpha value is -4.00. The van der Waals surface area contributed by atoms with E-state index in [1.807, 2.05) is 43.3 Å². The van der Waals surface area contributed by atoms with Crippen LogP contribution in [0, 0.1) is 0 Å². The summed E-state index contributed by atoms with van der Waals surface area (Å²) in [7, 11) is 0. The molecule has 5 rings (SSSR count). The second kappa shape index (κ2) is 7.68. The molecule has 2 aromatic heterocycles. The van der Waals surface area contributed by atoms with Gasteiger partial charge < -0.3 is 19.2 Å². The minimum Gasteiger partial charge on any atom is -0.507 e. The Kier molecular flexibility index (Phi) is 4.71. The van der Waals surface area contributed by atoms with Gasteiger partial charge in [0.15, 0.2) is 0 Å². The molecule has 7 heteroatoms. The van der Waals surface area contributed by atoms with E-state index in [-0.39, 0.29) is 11.7 Å². The van der Waals surface area contributed by atoms with E-state index in [1.54, 1.807) is 35.4 Å². The molecule has 2 aromatic carbocycles. The van der Waals surface area contributed by atoms with Crippen LogP contribution in [0.4, 0.5) is 0 Å². The molecule has 0 saturated heterocycles.